The molecule has 0 amide bonds. The summed E-state index contributed by atoms with van der Waals surface area (Å²) in [5, 5.41) is 8.88. The molecule has 7 heteroatoms. The Balaban J connectivity index is 2.14. The number of ether oxygens (including phenoxy) is 2. The van der Waals surface area contributed by atoms with Crippen molar-refractivity contribution in [2.24, 2.45) is 0 Å². The highest BCUT2D eigenvalue weighted by molar-refractivity contribution is 5.80. The smallest absolute Gasteiger partial charge is 0.341 e. The van der Waals surface area contributed by atoms with Crippen LogP contribution in [0.4, 0.5) is 20.2 Å². The predicted molar refractivity (Wildman–Crippen MR) is 115 cm³/mol. The lowest BCUT2D eigenvalue weighted by atomic mass is 10.0. The minimum absolute atomic E-state index is 0.219. The molecule has 0 aromatic heterocycles. The Hall–Kier alpha value is -3.61. The summed E-state index contributed by atoms with van der Waals surface area (Å²) >= 11 is 0. The Bertz CT molecular complexity index is 1130. The zero-order chi connectivity index (χ0) is 22.7. The van der Waals surface area contributed by atoms with E-state index in [1.807, 2.05) is 13.0 Å². The molecule has 3 aromatic rings. The number of hydrogen-bond acceptors (Lipinski definition) is 4. The topological polar surface area (TPSA) is 59.0 Å². The number of hydrogen-bond donors (Lipinski definition) is 1. The lowest BCUT2D eigenvalue weighted by Crippen LogP contribution is -2.16. The van der Waals surface area contributed by atoms with Gasteiger partial charge in [-0.05, 0) is 66.9 Å². The number of aryl methyl sites for hydroxylation is 1. The lowest BCUT2D eigenvalue weighted by Gasteiger charge is -2.26. The largest absolute Gasteiger partial charge is 0.494 e. The molecule has 3 aromatic carbocycles. The van der Waals surface area contributed by atoms with E-state index in [0.29, 0.717) is 22.6 Å². The average molecular weight is 427 g/mol. The molecular weight excluding hydrogens is 404 g/mol. The Kier molecular flexibility index (Phi) is 6.44. The molecule has 0 radical (unpaired) electrons. The molecule has 0 aliphatic rings. The third-order valence-electron chi connectivity index (χ3n) is 5.00. The molecule has 162 valence electrons. The quantitative estimate of drug-likeness (QED) is 0.540. The highest BCUT2D eigenvalue weighted by Gasteiger charge is 2.21. The number of aliphatic carboxylic acids is 1. The van der Waals surface area contributed by atoms with Crippen molar-refractivity contribution in [1.29, 1.82) is 0 Å². The molecule has 0 saturated heterocycles. The van der Waals surface area contributed by atoms with Crippen LogP contribution in [-0.4, -0.2) is 31.8 Å². The normalized spacial score (nSPS) is 10.6. The first-order valence-corrected chi connectivity index (χ1v) is 9.55. The summed E-state index contributed by atoms with van der Waals surface area (Å²) in [5.41, 5.74) is 3.45. The number of carboxylic acid groups (broad SMARTS) is 1. The second-order valence-corrected chi connectivity index (χ2v) is 7.12. The average Bonchev–Trinajstić information content (AvgIpc) is 2.72. The van der Waals surface area contributed by atoms with Gasteiger partial charge in [-0.2, -0.15) is 0 Å². The maximum atomic E-state index is 14.9. The van der Waals surface area contributed by atoms with Gasteiger partial charge in [0, 0.05) is 12.6 Å². The van der Waals surface area contributed by atoms with Gasteiger partial charge >= 0.3 is 5.97 Å². The SMILES string of the molecule is COc1c(C)cc(-c2cccc(F)c2)cc1N(C)c1c(F)ccc(OCC(=O)O)c1C. The van der Waals surface area contributed by atoms with E-state index in [0.717, 1.165) is 11.1 Å². The van der Waals surface area contributed by atoms with Crippen LogP contribution < -0.4 is 14.4 Å². The predicted octanol–water partition coefficient (Wildman–Crippen LogP) is 5.49. The van der Waals surface area contributed by atoms with Crippen LogP contribution >= 0.6 is 0 Å². The molecule has 0 fully saturated rings. The second-order valence-electron chi connectivity index (χ2n) is 7.12. The van der Waals surface area contributed by atoms with Crippen LogP contribution in [0.1, 0.15) is 11.1 Å². The van der Waals surface area contributed by atoms with Crippen LogP contribution in [-0.2, 0) is 4.79 Å². The minimum Gasteiger partial charge on any atom is -0.494 e. The molecule has 0 atom stereocenters. The molecule has 5 nitrogen and oxygen atoms in total. The highest BCUT2D eigenvalue weighted by atomic mass is 19.1. The van der Waals surface area contributed by atoms with E-state index < -0.39 is 18.4 Å². The number of benzene rings is 3. The molecule has 3 rings (SSSR count). The summed E-state index contributed by atoms with van der Waals surface area (Å²) < 4.78 is 39.5. The Morgan fingerprint density at radius 1 is 1.06 bits per heavy atom. The maximum Gasteiger partial charge on any atom is 0.341 e. The number of halogens is 2. The number of rotatable bonds is 7. The highest BCUT2D eigenvalue weighted by Crippen LogP contribution is 2.42. The minimum atomic E-state index is -1.13. The summed E-state index contributed by atoms with van der Waals surface area (Å²) in [5.74, 6) is -1.18. The number of carboxylic acids is 1. The maximum absolute atomic E-state index is 14.9. The summed E-state index contributed by atoms with van der Waals surface area (Å²) in [6, 6.07) is 12.5. The van der Waals surface area contributed by atoms with E-state index in [1.165, 1.54) is 31.4 Å². The van der Waals surface area contributed by atoms with Crippen LogP contribution in [0.2, 0.25) is 0 Å². The van der Waals surface area contributed by atoms with Gasteiger partial charge in [-0.25, -0.2) is 13.6 Å². The van der Waals surface area contributed by atoms with Gasteiger partial charge in [0.1, 0.15) is 23.1 Å². The van der Waals surface area contributed by atoms with Gasteiger partial charge in [-0.1, -0.05) is 12.1 Å². The van der Waals surface area contributed by atoms with Gasteiger partial charge in [0.25, 0.3) is 0 Å². The van der Waals surface area contributed by atoms with Crippen molar-refractivity contribution in [2.75, 3.05) is 25.7 Å². The zero-order valence-corrected chi connectivity index (χ0v) is 17.7. The van der Waals surface area contributed by atoms with Gasteiger partial charge in [-0.15, -0.1) is 0 Å². The summed E-state index contributed by atoms with van der Waals surface area (Å²) in [6.07, 6.45) is 0. The van der Waals surface area contributed by atoms with E-state index in [1.54, 1.807) is 37.1 Å². The van der Waals surface area contributed by atoms with Crippen molar-refractivity contribution in [3.05, 3.63) is 71.3 Å². The van der Waals surface area contributed by atoms with E-state index in [4.69, 9.17) is 14.6 Å². The van der Waals surface area contributed by atoms with Crippen LogP contribution in [0, 0.1) is 25.5 Å². The molecule has 0 heterocycles. The van der Waals surface area contributed by atoms with E-state index in [2.05, 4.69) is 0 Å². The summed E-state index contributed by atoms with van der Waals surface area (Å²) in [7, 11) is 3.20. The molecule has 0 saturated carbocycles. The fourth-order valence-electron chi connectivity index (χ4n) is 3.58. The van der Waals surface area contributed by atoms with Crippen molar-refractivity contribution >= 4 is 17.3 Å². The van der Waals surface area contributed by atoms with E-state index in [9.17, 15) is 13.6 Å². The molecule has 0 bridgehead atoms. The van der Waals surface area contributed by atoms with Crippen molar-refractivity contribution in [1.82, 2.24) is 0 Å². The second kappa shape index (κ2) is 9.04. The van der Waals surface area contributed by atoms with Crippen molar-refractivity contribution < 1.29 is 28.2 Å². The molecule has 0 aliphatic carbocycles. The van der Waals surface area contributed by atoms with E-state index in [-0.39, 0.29) is 17.3 Å². The Morgan fingerprint density at radius 3 is 2.45 bits per heavy atom. The fourth-order valence-corrected chi connectivity index (χ4v) is 3.58. The Labute approximate surface area is 179 Å². The van der Waals surface area contributed by atoms with Gasteiger partial charge in [0.2, 0.25) is 0 Å². The molecule has 1 N–H and O–H groups in total. The van der Waals surface area contributed by atoms with Crippen LogP contribution in [0.5, 0.6) is 11.5 Å². The third kappa shape index (κ3) is 4.60. The Morgan fingerprint density at radius 2 is 1.81 bits per heavy atom. The molecule has 31 heavy (non-hydrogen) atoms. The van der Waals surface area contributed by atoms with Crippen LogP contribution in [0.25, 0.3) is 11.1 Å². The van der Waals surface area contributed by atoms with Gasteiger partial charge in [0.05, 0.1) is 18.5 Å². The number of nitrogens with zero attached hydrogens (tertiary/aromatic N) is 1. The first-order chi connectivity index (χ1) is 14.7. The van der Waals surface area contributed by atoms with Crippen molar-refractivity contribution in [2.45, 2.75) is 13.8 Å². The molecule has 0 unspecified atom stereocenters. The molecule has 0 aliphatic heterocycles. The van der Waals surface area contributed by atoms with E-state index >= 15 is 0 Å². The number of carbonyl (C=O) groups is 1. The monoisotopic (exact) mass is 427 g/mol. The van der Waals surface area contributed by atoms with Crippen LogP contribution in [0.3, 0.4) is 0 Å². The first-order valence-electron chi connectivity index (χ1n) is 9.55. The van der Waals surface area contributed by atoms with Crippen molar-refractivity contribution in [3.63, 3.8) is 0 Å². The summed E-state index contributed by atoms with van der Waals surface area (Å²) in [4.78, 5) is 12.5. The zero-order valence-electron chi connectivity index (χ0n) is 17.7. The number of methoxy groups -OCH3 is 1. The first kappa shape index (κ1) is 22.1. The van der Waals surface area contributed by atoms with Crippen molar-refractivity contribution in [3.8, 4) is 22.6 Å². The summed E-state index contributed by atoms with van der Waals surface area (Å²) in [6.45, 7) is 2.98. The van der Waals surface area contributed by atoms with Crippen LogP contribution in [0.15, 0.2) is 48.5 Å². The third-order valence-corrected chi connectivity index (χ3v) is 5.00. The lowest BCUT2D eigenvalue weighted by molar-refractivity contribution is -0.139. The standard InChI is InChI=1S/C24H23F2NO4/c1-14-10-17(16-6-5-7-18(25)11-16)12-20(24(14)30-4)27(3)23-15(2)21(9-8-19(23)26)31-13-22(28)29/h5-12H,13H2,1-4H3,(H,28,29). The fraction of sp³-hybridized carbons (Fsp3) is 0.208. The molecular formula is C24H23F2NO4. The van der Waals surface area contributed by atoms with Gasteiger partial charge < -0.3 is 19.5 Å². The molecule has 0 spiro atoms. The van der Waals surface area contributed by atoms with Gasteiger partial charge in [0.15, 0.2) is 6.61 Å². The number of anilines is 2. The van der Waals surface area contributed by atoms with Gasteiger partial charge in [-0.3, -0.25) is 0 Å².